The first-order chi connectivity index (χ1) is 20.6. The highest BCUT2D eigenvalue weighted by Gasteiger charge is 2.20. The first-order valence-corrected chi connectivity index (χ1v) is 14.7. The zero-order valence-electron chi connectivity index (χ0n) is 23.9. The SMILES string of the molecule is Cc1cc(C)cc(-c2c3ccccc3c(-c3cc4ccccc4cc3-c3ccccc3)c3cc4ccccc4cc23)c1. The first-order valence-electron chi connectivity index (χ1n) is 14.7. The van der Waals surface area contributed by atoms with Crippen LogP contribution in [0.4, 0.5) is 0 Å². The fraction of sp³-hybridized carbons (Fsp3) is 0.0476. The number of fused-ring (bicyclic) bond motifs is 4. The first kappa shape index (κ1) is 24.6. The second-order valence-electron chi connectivity index (χ2n) is 11.5. The predicted molar refractivity (Wildman–Crippen MR) is 182 cm³/mol. The summed E-state index contributed by atoms with van der Waals surface area (Å²) in [4.78, 5) is 0. The molecule has 0 heteroatoms. The van der Waals surface area contributed by atoms with Crippen molar-refractivity contribution in [1.29, 1.82) is 0 Å². The smallest absolute Gasteiger partial charge is 0.00197 e. The van der Waals surface area contributed by atoms with Crippen LogP contribution in [0.5, 0.6) is 0 Å². The lowest BCUT2D eigenvalue weighted by Gasteiger charge is -2.21. The van der Waals surface area contributed by atoms with Crippen LogP contribution >= 0.6 is 0 Å². The Morgan fingerprint density at radius 1 is 0.310 bits per heavy atom. The molecule has 0 fully saturated rings. The maximum absolute atomic E-state index is 2.42. The van der Waals surface area contributed by atoms with E-state index in [9.17, 15) is 0 Å². The summed E-state index contributed by atoms with van der Waals surface area (Å²) >= 11 is 0. The second kappa shape index (κ2) is 9.72. The zero-order chi connectivity index (χ0) is 28.2. The fourth-order valence-corrected chi connectivity index (χ4v) is 6.89. The van der Waals surface area contributed by atoms with Crippen LogP contribution in [0.15, 0.2) is 146 Å². The molecule has 0 aliphatic heterocycles. The Labute approximate surface area is 246 Å². The largest absolute Gasteiger partial charge is 0.0622 e. The minimum Gasteiger partial charge on any atom is -0.0622 e. The predicted octanol–water partition coefficient (Wildman–Crippen LogP) is 11.9. The van der Waals surface area contributed by atoms with E-state index in [4.69, 9.17) is 0 Å². The lowest BCUT2D eigenvalue weighted by molar-refractivity contribution is 1.39. The van der Waals surface area contributed by atoms with E-state index in [2.05, 4.69) is 159 Å². The van der Waals surface area contributed by atoms with Crippen molar-refractivity contribution < 1.29 is 0 Å². The lowest BCUT2D eigenvalue weighted by Crippen LogP contribution is -1.94. The van der Waals surface area contributed by atoms with Crippen molar-refractivity contribution in [1.82, 2.24) is 0 Å². The standard InChI is InChI=1S/C42H30/c1-27-20-28(2)22-34(21-27)41-35-18-10-11-19-36(35)42(40-26-33-17-9-8-16-32(33)25-39(40)41)38-24-31-15-7-6-14-30(31)23-37(38)29-12-4-3-5-13-29/h3-26H,1-2H3. The summed E-state index contributed by atoms with van der Waals surface area (Å²) in [5.74, 6) is 0. The molecule has 0 saturated heterocycles. The van der Waals surface area contributed by atoms with Crippen LogP contribution in [0, 0.1) is 13.8 Å². The number of hydrogen-bond acceptors (Lipinski definition) is 0. The summed E-state index contributed by atoms with van der Waals surface area (Å²) < 4.78 is 0. The van der Waals surface area contributed by atoms with Crippen LogP contribution in [-0.4, -0.2) is 0 Å². The summed E-state index contributed by atoms with van der Waals surface area (Å²) in [6.07, 6.45) is 0. The molecule has 0 heterocycles. The minimum absolute atomic E-state index is 1.23. The molecule has 0 bridgehead atoms. The number of hydrogen-bond donors (Lipinski definition) is 0. The molecule has 0 unspecified atom stereocenters. The highest BCUT2D eigenvalue weighted by molar-refractivity contribution is 6.25. The topological polar surface area (TPSA) is 0 Å². The van der Waals surface area contributed by atoms with E-state index >= 15 is 0 Å². The van der Waals surface area contributed by atoms with Crippen molar-refractivity contribution in [3.63, 3.8) is 0 Å². The molecular weight excluding hydrogens is 504 g/mol. The van der Waals surface area contributed by atoms with Gasteiger partial charge in [-0.05, 0) is 115 Å². The maximum Gasteiger partial charge on any atom is -0.00197 e. The van der Waals surface area contributed by atoms with Gasteiger partial charge in [0.05, 0.1) is 0 Å². The van der Waals surface area contributed by atoms with E-state index in [-0.39, 0.29) is 0 Å². The van der Waals surface area contributed by atoms with E-state index < -0.39 is 0 Å². The van der Waals surface area contributed by atoms with Gasteiger partial charge in [-0.1, -0.05) is 132 Å². The average molecular weight is 535 g/mol. The molecule has 42 heavy (non-hydrogen) atoms. The Bertz CT molecular complexity index is 2280. The van der Waals surface area contributed by atoms with Crippen molar-refractivity contribution in [2.24, 2.45) is 0 Å². The molecule has 0 atom stereocenters. The zero-order valence-corrected chi connectivity index (χ0v) is 23.9. The lowest BCUT2D eigenvalue weighted by atomic mass is 9.82. The Hall–Kier alpha value is -5.20. The average Bonchev–Trinajstić information content (AvgIpc) is 3.02. The summed E-state index contributed by atoms with van der Waals surface area (Å²) in [7, 11) is 0. The molecule has 0 nitrogen and oxygen atoms in total. The Morgan fingerprint density at radius 2 is 0.762 bits per heavy atom. The third-order valence-corrected chi connectivity index (χ3v) is 8.64. The summed E-state index contributed by atoms with van der Waals surface area (Å²) in [6, 6.07) is 53.9. The molecule has 8 aromatic rings. The molecule has 0 radical (unpaired) electrons. The Kier molecular flexibility index (Phi) is 5.69. The molecule has 0 aliphatic carbocycles. The summed E-state index contributed by atoms with van der Waals surface area (Å²) in [5, 5.41) is 10.2. The quantitative estimate of drug-likeness (QED) is 0.198. The van der Waals surface area contributed by atoms with Crippen LogP contribution in [0.25, 0.3) is 76.5 Å². The molecule has 0 aromatic heterocycles. The molecule has 0 amide bonds. The molecule has 0 aliphatic rings. The Morgan fingerprint density at radius 3 is 1.36 bits per heavy atom. The van der Waals surface area contributed by atoms with Gasteiger partial charge in [-0.25, -0.2) is 0 Å². The number of benzene rings is 8. The number of rotatable bonds is 3. The molecule has 8 rings (SSSR count). The van der Waals surface area contributed by atoms with E-state index in [0.29, 0.717) is 0 Å². The van der Waals surface area contributed by atoms with Crippen molar-refractivity contribution >= 4 is 43.1 Å². The minimum atomic E-state index is 1.23. The van der Waals surface area contributed by atoms with Crippen LogP contribution in [0.1, 0.15) is 11.1 Å². The van der Waals surface area contributed by atoms with Crippen molar-refractivity contribution in [2.45, 2.75) is 13.8 Å². The van der Waals surface area contributed by atoms with Crippen molar-refractivity contribution in [3.05, 3.63) is 157 Å². The fourth-order valence-electron chi connectivity index (χ4n) is 6.89. The van der Waals surface area contributed by atoms with Gasteiger partial charge in [0.25, 0.3) is 0 Å². The highest BCUT2D eigenvalue weighted by atomic mass is 14.2. The van der Waals surface area contributed by atoms with Gasteiger partial charge in [0.1, 0.15) is 0 Å². The van der Waals surface area contributed by atoms with Gasteiger partial charge in [-0.15, -0.1) is 0 Å². The van der Waals surface area contributed by atoms with Gasteiger partial charge < -0.3 is 0 Å². The third-order valence-electron chi connectivity index (χ3n) is 8.64. The van der Waals surface area contributed by atoms with Gasteiger partial charge in [0, 0.05) is 0 Å². The molecule has 198 valence electrons. The van der Waals surface area contributed by atoms with Crippen molar-refractivity contribution in [3.8, 4) is 33.4 Å². The van der Waals surface area contributed by atoms with Crippen LogP contribution in [0.2, 0.25) is 0 Å². The summed E-state index contributed by atoms with van der Waals surface area (Å²) in [6.45, 7) is 4.40. The highest BCUT2D eigenvalue weighted by Crippen LogP contribution is 2.48. The van der Waals surface area contributed by atoms with Gasteiger partial charge in [-0.2, -0.15) is 0 Å². The van der Waals surface area contributed by atoms with Gasteiger partial charge in [0.15, 0.2) is 0 Å². The molecule has 8 aromatic carbocycles. The van der Waals surface area contributed by atoms with E-state index in [0.717, 1.165) is 0 Å². The van der Waals surface area contributed by atoms with Gasteiger partial charge in [-0.3, -0.25) is 0 Å². The summed E-state index contributed by atoms with van der Waals surface area (Å²) in [5.41, 5.74) is 10.2. The second-order valence-corrected chi connectivity index (χ2v) is 11.5. The van der Waals surface area contributed by atoms with Gasteiger partial charge in [0.2, 0.25) is 0 Å². The van der Waals surface area contributed by atoms with Crippen LogP contribution in [-0.2, 0) is 0 Å². The van der Waals surface area contributed by atoms with E-state index in [1.165, 1.54) is 87.6 Å². The molecule has 0 N–H and O–H groups in total. The monoisotopic (exact) mass is 534 g/mol. The van der Waals surface area contributed by atoms with Crippen LogP contribution in [0.3, 0.4) is 0 Å². The maximum atomic E-state index is 2.42. The van der Waals surface area contributed by atoms with Gasteiger partial charge >= 0.3 is 0 Å². The van der Waals surface area contributed by atoms with Crippen molar-refractivity contribution in [2.75, 3.05) is 0 Å². The molecule has 0 saturated carbocycles. The van der Waals surface area contributed by atoms with E-state index in [1.807, 2.05) is 0 Å². The third kappa shape index (κ3) is 3.99. The van der Waals surface area contributed by atoms with E-state index in [1.54, 1.807) is 0 Å². The molecular formula is C42H30. The molecule has 0 spiro atoms. The number of aryl methyl sites for hydroxylation is 2. The normalized spacial score (nSPS) is 11.6. The van der Waals surface area contributed by atoms with Crippen LogP contribution < -0.4 is 0 Å². The Balaban J connectivity index is 1.61.